The number of benzene rings is 1. The highest BCUT2D eigenvalue weighted by Gasteiger charge is 2.25. The van der Waals surface area contributed by atoms with Crippen LogP contribution in [0.2, 0.25) is 0 Å². The molecule has 9 heteroatoms. The van der Waals surface area contributed by atoms with E-state index in [1.165, 1.54) is 12.1 Å². The van der Waals surface area contributed by atoms with Crippen molar-refractivity contribution in [3.05, 3.63) is 96.6 Å². The van der Waals surface area contributed by atoms with E-state index in [2.05, 4.69) is 9.97 Å². The summed E-state index contributed by atoms with van der Waals surface area (Å²) in [6, 6.07) is 8.32. The van der Waals surface area contributed by atoms with E-state index in [1.54, 1.807) is 26.8 Å². The van der Waals surface area contributed by atoms with Crippen LogP contribution in [0.1, 0.15) is 58.1 Å². The molecule has 158 valence electrons. The Hall–Kier alpha value is -3.93. The molecule has 7 nitrogen and oxygen atoms in total. The number of aromatic amines is 1. The molecule has 0 fully saturated rings. The van der Waals surface area contributed by atoms with Gasteiger partial charge in [0.25, 0.3) is 5.56 Å². The average molecular weight is 424 g/mol. The standard InChI is InChI=1S/C22H18F2N4O3/c1-11(2)18-19(20(29)15-5-12(3)4-13(6-15)9-25)28(22(31)27-21(18)30)10-14-7-16(23)26-17(24)8-14/h4-8,11H,10H2,1-3H3,(H,27,30,31). The van der Waals surface area contributed by atoms with E-state index in [1.807, 2.05) is 6.07 Å². The van der Waals surface area contributed by atoms with Crippen molar-refractivity contribution in [2.24, 2.45) is 0 Å². The van der Waals surface area contributed by atoms with E-state index in [9.17, 15) is 28.4 Å². The predicted octanol–water partition coefficient (Wildman–Crippen LogP) is 2.79. The monoisotopic (exact) mass is 424 g/mol. The zero-order valence-corrected chi connectivity index (χ0v) is 17.0. The minimum atomic E-state index is -1.08. The molecule has 3 rings (SSSR count). The summed E-state index contributed by atoms with van der Waals surface area (Å²) in [5.74, 6) is -3.26. The molecule has 0 saturated carbocycles. The average Bonchev–Trinajstić information content (AvgIpc) is 2.67. The first kappa shape index (κ1) is 21.8. The van der Waals surface area contributed by atoms with Crippen LogP contribution in [0, 0.1) is 30.2 Å². The van der Waals surface area contributed by atoms with Gasteiger partial charge >= 0.3 is 5.69 Å². The molecule has 0 atom stereocenters. The molecular formula is C22H18F2N4O3. The highest BCUT2D eigenvalue weighted by atomic mass is 19.1. The number of aromatic nitrogens is 3. The lowest BCUT2D eigenvalue weighted by atomic mass is 9.95. The van der Waals surface area contributed by atoms with E-state index in [4.69, 9.17) is 0 Å². The van der Waals surface area contributed by atoms with Gasteiger partial charge in [0.2, 0.25) is 17.7 Å². The Morgan fingerprint density at radius 1 is 1.16 bits per heavy atom. The number of halogens is 2. The highest BCUT2D eigenvalue weighted by Crippen LogP contribution is 2.21. The third-order valence-electron chi connectivity index (χ3n) is 4.66. The summed E-state index contributed by atoms with van der Waals surface area (Å²) < 4.78 is 28.1. The van der Waals surface area contributed by atoms with Gasteiger partial charge in [0.1, 0.15) is 5.69 Å². The third-order valence-corrected chi connectivity index (χ3v) is 4.66. The molecule has 0 saturated heterocycles. The summed E-state index contributed by atoms with van der Waals surface area (Å²) in [5, 5.41) is 9.22. The number of H-pyrrole nitrogens is 1. The van der Waals surface area contributed by atoms with Crippen molar-refractivity contribution in [2.45, 2.75) is 33.2 Å². The number of rotatable bonds is 5. The Kier molecular flexibility index (Phi) is 5.92. The molecule has 0 unspecified atom stereocenters. The molecule has 3 aromatic rings. The number of nitrogens with one attached hydrogen (secondary N) is 1. The predicted molar refractivity (Wildman–Crippen MR) is 108 cm³/mol. The normalized spacial score (nSPS) is 10.9. The van der Waals surface area contributed by atoms with E-state index in [0.717, 1.165) is 16.7 Å². The fraction of sp³-hybridized carbons (Fsp3) is 0.227. The molecule has 0 radical (unpaired) electrons. The van der Waals surface area contributed by atoms with Crippen molar-refractivity contribution in [3.8, 4) is 6.07 Å². The molecule has 1 aromatic carbocycles. The highest BCUT2D eigenvalue weighted by molar-refractivity contribution is 6.09. The quantitative estimate of drug-likeness (QED) is 0.500. The largest absolute Gasteiger partial charge is 0.329 e. The molecule has 0 amide bonds. The van der Waals surface area contributed by atoms with Crippen LogP contribution in [0.3, 0.4) is 0 Å². The second-order valence-electron chi connectivity index (χ2n) is 7.41. The number of carbonyl (C=O) groups is 1. The maximum Gasteiger partial charge on any atom is 0.329 e. The summed E-state index contributed by atoms with van der Waals surface area (Å²) in [6.07, 6.45) is 0. The van der Waals surface area contributed by atoms with Gasteiger partial charge < -0.3 is 0 Å². The fourth-order valence-electron chi connectivity index (χ4n) is 3.42. The number of hydrogen-bond donors (Lipinski definition) is 1. The molecule has 31 heavy (non-hydrogen) atoms. The summed E-state index contributed by atoms with van der Waals surface area (Å²) in [5.41, 5.74) is -0.718. The van der Waals surface area contributed by atoms with E-state index in [0.29, 0.717) is 5.56 Å². The van der Waals surface area contributed by atoms with Crippen LogP contribution < -0.4 is 11.2 Å². The minimum absolute atomic E-state index is 0.0462. The molecular weight excluding hydrogens is 406 g/mol. The Balaban J connectivity index is 2.30. The van der Waals surface area contributed by atoms with Crippen molar-refractivity contribution in [2.75, 3.05) is 0 Å². The lowest BCUT2D eigenvalue weighted by molar-refractivity contribution is 0.102. The topological polar surface area (TPSA) is 109 Å². The number of ketones is 1. The van der Waals surface area contributed by atoms with Crippen molar-refractivity contribution < 1.29 is 13.6 Å². The Morgan fingerprint density at radius 3 is 2.39 bits per heavy atom. The molecule has 0 bridgehead atoms. The Morgan fingerprint density at radius 2 is 1.81 bits per heavy atom. The molecule has 0 spiro atoms. The first-order chi connectivity index (χ1) is 14.6. The number of carbonyl (C=O) groups excluding carboxylic acids is 1. The van der Waals surface area contributed by atoms with Gasteiger partial charge in [-0.15, -0.1) is 0 Å². The van der Waals surface area contributed by atoms with E-state index >= 15 is 0 Å². The van der Waals surface area contributed by atoms with Crippen molar-refractivity contribution in [3.63, 3.8) is 0 Å². The summed E-state index contributed by atoms with van der Waals surface area (Å²) >= 11 is 0. The number of aryl methyl sites for hydroxylation is 1. The van der Waals surface area contributed by atoms with Crippen LogP contribution in [-0.4, -0.2) is 20.3 Å². The second-order valence-corrected chi connectivity index (χ2v) is 7.41. The van der Waals surface area contributed by atoms with Crippen LogP contribution in [0.25, 0.3) is 0 Å². The van der Waals surface area contributed by atoms with Crippen molar-refractivity contribution in [1.82, 2.24) is 14.5 Å². The van der Waals surface area contributed by atoms with Crippen LogP contribution in [0.4, 0.5) is 8.78 Å². The van der Waals surface area contributed by atoms with Gasteiger partial charge in [-0.2, -0.15) is 19.0 Å². The van der Waals surface area contributed by atoms with Gasteiger partial charge in [-0.05, 0) is 54.3 Å². The van der Waals surface area contributed by atoms with Crippen molar-refractivity contribution >= 4 is 5.78 Å². The molecule has 0 aliphatic rings. The van der Waals surface area contributed by atoms with Crippen LogP contribution in [-0.2, 0) is 6.54 Å². The lowest BCUT2D eigenvalue weighted by Crippen LogP contribution is -2.38. The van der Waals surface area contributed by atoms with Gasteiger partial charge in [0.05, 0.1) is 18.2 Å². The van der Waals surface area contributed by atoms with Crippen LogP contribution >= 0.6 is 0 Å². The van der Waals surface area contributed by atoms with Crippen molar-refractivity contribution in [1.29, 1.82) is 5.26 Å². The van der Waals surface area contributed by atoms with Gasteiger partial charge in [-0.25, -0.2) is 4.79 Å². The maximum absolute atomic E-state index is 13.6. The number of nitriles is 1. The molecule has 0 aliphatic heterocycles. The van der Waals surface area contributed by atoms with Crippen LogP contribution in [0.15, 0.2) is 39.9 Å². The van der Waals surface area contributed by atoms with Gasteiger partial charge in [-0.1, -0.05) is 13.8 Å². The molecule has 2 aromatic heterocycles. The van der Waals surface area contributed by atoms with Gasteiger partial charge in [0.15, 0.2) is 0 Å². The summed E-state index contributed by atoms with van der Waals surface area (Å²) in [6.45, 7) is 4.69. The number of hydrogen-bond acceptors (Lipinski definition) is 5. The SMILES string of the molecule is Cc1cc(C#N)cc(C(=O)c2c(C(C)C)c(=O)[nH]c(=O)n2Cc2cc(F)nc(F)c2)c1. The molecule has 2 heterocycles. The zero-order chi connectivity index (χ0) is 22.9. The number of nitrogens with zero attached hydrogens (tertiary/aromatic N) is 3. The van der Waals surface area contributed by atoms with E-state index in [-0.39, 0.29) is 34.5 Å². The third kappa shape index (κ3) is 4.48. The fourth-order valence-corrected chi connectivity index (χ4v) is 3.42. The smallest absolute Gasteiger partial charge is 0.287 e. The van der Waals surface area contributed by atoms with Gasteiger partial charge in [0, 0.05) is 11.1 Å². The first-order valence-corrected chi connectivity index (χ1v) is 9.36. The second kappa shape index (κ2) is 8.44. The Labute approximate surface area is 175 Å². The van der Waals surface area contributed by atoms with Gasteiger partial charge in [-0.3, -0.25) is 19.1 Å². The number of pyridine rings is 1. The lowest BCUT2D eigenvalue weighted by Gasteiger charge is -2.18. The maximum atomic E-state index is 13.6. The minimum Gasteiger partial charge on any atom is -0.287 e. The zero-order valence-electron chi connectivity index (χ0n) is 17.0. The first-order valence-electron chi connectivity index (χ1n) is 9.36. The van der Waals surface area contributed by atoms with Crippen LogP contribution in [0.5, 0.6) is 0 Å². The summed E-state index contributed by atoms with van der Waals surface area (Å²) in [4.78, 5) is 43.8. The molecule has 1 N–H and O–H groups in total. The Bertz CT molecular complexity index is 1330. The summed E-state index contributed by atoms with van der Waals surface area (Å²) in [7, 11) is 0. The van der Waals surface area contributed by atoms with E-state index < -0.39 is 34.8 Å². The molecule has 0 aliphatic carbocycles.